The first-order chi connectivity index (χ1) is 9.63. The molecule has 0 saturated heterocycles. The Morgan fingerprint density at radius 1 is 1.20 bits per heavy atom. The summed E-state index contributed by atoms with van der Waals surface area (Å²) in [6, 6.07) is 13.9. The summed E-state index contributed by atoms with van der Waals surface area (Å²) in [5.41, 5.74) is 3.90. The number of hydrogen-bond donors (Lipinski definition) is 1. The maximum absolute atomic E-state index is 11.1. The van der Waals surface area contributed by atoms with E-state index < -0.39 is 5.97 Å². The number of benzene rings is 2. The highest BCUT2D eigenvalue weighted by Gasteiger charge is 2.20. The minimum atomic E-state index is -0.867. The molecular formula is C16H14INO2. The lowest BCUT2D eigenvalue weighted by Gasteiger charge is -2.20. The fourth-order valence-corrected chi connectivity index (χ4v) is 2.91. The number of rotatable bonds is 3. The van der Waals surface area contributed by atoms with E-state index in [-0.39, 0.29) is 0 Å². The van der Waals surface area contributed by atoms with Gasteiger partial charge in [0.25, 0.3) is 0 Å². The van der Waals surface area contributed by atoms with Crippen LogP contribution in [0.3, 0.4) is 0 Å². The first-order valence-corrected chi connectivity index (χ1v) is 7.57. The van der Waals surface area contributed by atoms with Gasteiger partial charge in [-0.1, -0.05) is 18.2 Å². The van der Waals surface area contributed by atoms with Crippen molar-refractivity contribution in [2.45, 2.75) is 13.0 Å². The largest absolute Gasteiger partial charge is 0.478 e. The van der Waals surface area contributed by atoms with E-state index in [1.165, 1.54) is 14.7 Å². The van der Waals surface area contributed by atoms with Gasteiger partial charge in [0.1, 0.15) is 0 Å². The van der Waals surface area contributed by atoms with Crippen molar-refractivity contribution < 1.29 is 9.90 Å². The van der Waals surface area contributed by atoms with Gasteiger partial charge in [0.15, 0.2) is 0 Å². The van der Waals surface area contributed by atoms with Gasteiger partial charge < -0.3 is 10.0 Å². The zero-order valence-corrected chi connectivity index (χ0v) is 13.0. The van der Waals surface area contributed by atoms with Crippen LogP contribution in [0.2, 0.25) is 0 Å². The zero-order valence-electron chi connectivity index (χ0n) is 10.8. The van der Waals surface area contributed by atoms with Crippen LogP contribution in [-0.4, -0.2) is 17.6 Å². The Balaban J connectivity index is 1.86. The molecule has 1 aliphatic rings. The van der Waals surface area contributed by atoms with Crippen LogP contribution in [-0.2, 0) is 13.0 Å². The maximum Gasteiger partial charge on any atom is 0.335 e. The van der Waals surface area contributed by atoms with Gasteiger partial charge in [-0.3, -0.25) is 0 Å². The van der Waals surface area contributed by atoms with Gasteiger partial charge >= 0.3 is 5.97 Å². The van der Waals surface area contributed by atoms with Crippen molar-refractivity contribution in [3.05, 3.63) is 62.7 Å². The number of carboxylic acid groups (broad SMARTS) is 1. The SMILES string of the molecule is O=C(O)c1ccc2c(c1)N(Cc1ccc(I)cc1)CC2. The number of anilines is 1. The number of nitrogens with zero attached hydrogens (tertiary/aromatic N) is 1. The van der Waals surface area contributed by atoms with Crippen LogP contribution in [0.1, 0.15) is 21.5 Å². The Kier molecular flexibility index (Phi) is 3.65. The lowest BCUT2D eigenvalue weighted by atomic mass is 10.1. The molecule has 0 fully saturated rings. The molecule has 0 amide bonds. The highest BCUT2D eigenvalue weighted by atomic mass is 127. The summed E-state index contributed by atoms with van der Waals surface area (Å²) in [6.07, 6.45) is 0.986. The minimum absolute atomic E-state index is 0.360. The van der Waals surface area contributed by atoms with Crippen molar-refractivity contribution in [1.82, 2.24) is 0 Å². The van der Waals surface area contributed by atoms with Crippen LogP contribution in [0.4, 0.5) is 5.69 Å². The van der Waals surface area contributed by atoms with E-state index in [4.69, 9.17) is 5.11 Å². The van der Waals surface area contributed by atoms with Crippen LogP contribution in [0.5, 0.6) is 0 Å². The molecule has 0 aliphatic carbocycles. The van der Waals surface area contributed by atoms with Crippen LogP contribution in [0.15, 0.2) is 42.5 Å². The first-order valence-electron chi connectivity index (χ1n) is 6.49. The van der Waals surface area contributed by atoms with E-state index in [2.05, 4.69) is 51.8 Å². The molecule has 20 heavy (non-hydrogen) atoms. The Hall–Kier alpha value is -1.56. The molecule has 0 saturated carbocycles. The van der Waals surface area contributed by atoms with E-state index in [9.17, 15) is 4.79 Å². The van der Waals surface area contributed by atoms with E-state index in [1.807, 2.05) is 6.07 Å². The Morgan fingerprint density at radius 2 is 1.95 bits per heavy atom. The molecule has 0 unspecified atom stereocenters. The van der Waals surface area contributed by atoms with E-state index >= 15 is 0 Å². The number of carboxylic acids is 1. The molecule has 0 atom stereocenters. The summed E-state index contributed by atoms with van der Waals surface area (Å²) in [4.78, 5) is 13.3. The summed E-state index contributed by atoms with van der Waals surface area (Å²) in [5.74, 6) is -0.867. The molecule has 3 rings (SSSR count). The second-order valence-electron chi connectivity index (χ2n) is 4.95. The van der Waals surface area contributed by atoms with Gasteiger partial charge in [-0.2, -0.15) is 0 Å². The predicted octanol–water partition coefficient (Wildman–Crippen LogP) is 3.55. The zero-order chi connectivity index (χ0) is 14.1. The molecule has 0 aromatic heterocycles. The molecule has 2 aromatic rings. The summed E-state index contributed by atoms with van der Waals surface area (Å²) >= 11 is 2.29. The van der Waals surface area contributed by atoms with Gasteiger partial charge in [0, 0.05) is 22.3 Å². The molecule has 2 aromatic carbocycles. The quantitative estimate of drug-likeness (QED) is 0.830. The normalized spacial score (nSPS) is 13.3. The topological polar surface area (TPSA) is 40.5 Å². The van der Waals surface area contributed by atoms with Gasteiger partial charge in [-0.25, -0.2) is 4.79 Å². The standard InChI is InChI=1S/C16H14INO2/c17-14-5-1-11(2-6-14)10-18-8-7-12-3-4-13(16(19)20)9-15(12)18/h1-6,9H,7-8,10H2,(H,19,20). The fourth-order valence-electron chi connectivity index (χ4n) is 2.55. The van der Waals surface area contributed by atoms with Crippen LogP contribution >= 0.6 is 22.6 Å². The highest BCUT2D eigenvalue weighted by Crippen LogP contribution is 2.30. The fraction of sp³-hybridized carbons (Fsp3) is 0.188. The first kappa shape index (κ1) is 13.4. The molecular weight excluding hydrogens is 365 g/mol. The summed E-state index contributed by atoms with van der Waals surface area (Å²) in [6.45, 7) is 1.78. The number of aromatic carboxylic acids is 1. The molecule has 3 nitrogen and oxygen atoms in total. The van der Waals surface area contributed by atoms with E-state index in [0.29, 0.717) is 5.56 Å². The third-order valence-electron chi connectivity index (χ3n) is 3.61. The van der Waals surface area contributed by atoms with Crippen molar-refractivity contribution in [1.29, 1.82) is 0 Å². The lowest BCUT2D eigenvalue weighted by molar-refractivity contribution is 0.0697. The molecule has 4 heteroatoms. The van der Waals surface area contributed by atoms with Crippen LogP contribution < -0.4 is 4.90 Å². The monoisotopic (exact) mass is 379 g/mol. The number of hydrogen-bond acceptors (Lipinski definition) is 2. The van der Waals surface area contributed by atoms with Crippen molar-refractivity contribution in [2.75, 3.05) is 11.4 Å². The van der Waals surface area contributed by atoms with Crippen molar-refractivity contribution in [2.24, 2.45) is 0 Å². The van der Waals surface area contributed by atoms with Gasteiger partial charge in [0.2, 0.25) is 0 Å². The Bertz CT molecular complexity index is 652. The number of carbonyl (C=O) groups is 1. The average molecular weight is 379 g/mol. The van der Waals surface area contributed by atoms with Crippen molar-refractivity contribution in [3.8, 4) is 0 Å². The molecule has 1 aliphatic heterocycles. The van der Waals surface area contributed by atoms with E-state index in [1.54, 1.807) is 12.1 Å². The van der Waals surface area contributed by atoms with Gasteiger partial charge in [-0.05, 0) is 64.4 Å². The van der Waals surface area contributed by atoms with Gasteiger partial charge in [-0.15, -0.1) is 0 Å². The van der Waals surface area contributed by atoms with Gasteiger partial charge in [0.05, 0.1) is 5.56 Å². The molecule has 0 bridgehead atoms. The van der Waals surface area contributed by atoms with Crippen LogP contribution in [0, 0.1) is 3.57 Å². The predicted molar refractivity (Wildman–Crippen MR) is 87.3 cm³/mol. The summed E-state index contributed by atoms with van der Waals surface area (Å²) in [7, 11) is 0. The van der Waals surface area contributed by atoms with Crippen molar-refractivity contribution >= 4 is 34.2 Å². The average Bonchev–Trinajstić information content (AvgIpc) is 2.84. The molecule has 102 valence electrons. The lowest BCUT2D eigenvalue weighted by Crippen LogP contribution is -2.19. The second kappa shape index (κ2) is 5.44. The Labute approximate surface area is 131 Å². The van der Waals surface area contributed by atoms with Crippen LogP contribution in [0.25, 0.3) is 0 Å². The maximum atomic E-state index is 11.1. The number of fused-ring (bicyclic) bond motifs is 1. The van der Waals surface area contributed by atoms with E-state index in [0.717, 1.165) is 25.2 Å². The smallest absolute Gasteiger partial charge is 0.335 e. The third kappa shape index (κ3) is 2.65. The molecule has 1 N–H and O–H groups in total. The third-order valence-corrected chi connectivity index (χ3v) is 4.33. The molecule has 0 spiro atoms. The second-order valence-corrected chi connectivity index (χ2v) is 6.19. The number of halogens is 1. The van der Waals surface area contributed by atoms with Crippen molar-refractivity contribution in [3.63, 3.8) is 0 Å². The highest BCUT2D eigenvalue weighted by molar-refractivity contribution is 14.1. The summed E-state index contributed by atoms with van der Waals surface area (Å²) < 4.78 is 1.22. The summed E-state index contributed by atoms with van der Waals surface area (Å²) in [5, 5.41) is 9.10. The molecule has 0 radical (unpaired) electrons. The minimum Gasteiger partial charge on any atom is -0.478 e. The Morgan fingerprint density at radius 3 is 2.65 bits per heavy atom. The molecule has 1 heterocycles.